The summed E-state index contributed by atoms with van der Waals surface area (Å²) in [4.78, 5) is 11.8. The highest BCUT2D eigenvalue weighted by Crippen LogP contribution is 2.52. The molecule has 4 nitrogen and oxygen atoms in total. The van der Waals surface area contributed by atoms with Gasteiger partial charge in [0.05, 0.1) is 22.8 Å². The van der Waals surface area contributed by atoms with Gasteiger partial charge in [0.2, 0.25) is 0 Å². The van der Waals surface area contributed by atoms with Crippen molar-refractivity contribution in [1.29, 1.82) is 0 Å². The van der Waals surface area contributed by atoms with Crippen LogP contribution in [-0.4, -0.2) is 16.1 Å². The first-order valence-electron chi connectivity index (χ1n) is 26.9. The third-order valence-electron chi connectivity index (χ3n) is 16.7. The lowest BCUT2D eigenvalue weighted by molar-refractivity contribution is 0.524. The van der Waals surface area contributed by atoms with Crippen molar-refractivity contribution in [2.45, 2.75) is 51.0 Å². The summed E-state index contributed by atoms with van der Waals surface area (Å²) in [5.74, 6) is 0.661. The fraction of sp³-hybridized carbons (Fsp3) is 0.127. The molecule has 3 heterocycles. The van der Waals surface area contributed by atoms with Crippen molar-refractivity contribution >= 4 is 72.1 Å². The molecule has 15 rings (SSSR count). The molecule has 0 N–H and O–H groups in total. The number of hydrogen-bond donors (Lipinski definition) is 0. The minimum absolute atomic E-state index is 0.0127. The number of nitrogens with zero attached hydrogens (tertiary/aromatic N) is 3. The number of aryl methyl sites for hydroxylation is 2. The lowest BCUT2D eigenvalue weighted by Crippen LogP contribution is -2.29. The van der Waals surface area contributed by atoms with Gasteiger partial charge in [-0.3, -0.25) is 4.99 Å². The predicted molar refractivity (Wildman–Crippen MR) is 313 cm³/mol. The summed E-state index contributed by atoms with van der Waals surface area (Å²) in [6, 6.07) is 77.8. The van der Waals surface area contributed by atoms with Crippen LogP contribution in [0, 0.1) is 5.92 Å². The molecule has 3 atom stereocenters. The summed E-state index contributed by atoms with van der Waals surface area (Å²) in [5.41, 5.74) is 21.6. The molecule has 10 aromatic carbocycles. The normalized spacial score (nSPS) is 17.2. The number of benzene rings is 10. The van der Waals surface area contributed by atoms with Gasteiger partial charge in [0.15, 0.2) is 5.84 Å². The van der Waals surface area contributed by atoms with Gasteiger partial charge in [-0.15, -0.1) is 0 Å². The van der Waals surface area contributed by atoms with E-state index in [0.717, 1.165) is 93.5 Å². The third-order valence-corrected chi connectivity index (χ3v) is 16.7. The highest BCUT2D eigenvalue weighted by atomic mass is 16.3. The predicted octanol–water partition coefficient (Wildman–Crippen LogP) is 18.2. The fourth-order valence-electron chi connectivity index (χ4n) is 13.3. The SMILES string of the molecule is CC[C@@H]1C(c2cccc3c2c2ccccc2n3-c2ccccc2)=NC(c2ccc(-c3ccccc3)cc2)=NC1c1ccc2c(oc3ccccc32)c1C1CCc2cc3c(cc2-c2ccc4ccccc4c21)CCC=C3. The van der Waals surface area contributed by atoms with Gasteiger partial charge in [-0.05, 0) is 123 Å². The van der Waals surface area contributed by atoms with Crippen molar-refractivity contribution in [3.8, 4) is 27.9 Å². The molecule has 1 aliphatic heterocycles. The van der Waals surface area contributed by atoms with E-state index in [1.165, 1.54) is 77.1 Å². The zero-order valence-electron chi connectivity index (χ0n) is 41.9. The molecule has 358 valence electrons. The number of amidine groups is 1. The van der Waals surface area contributed by atoms with Gasteiger partial charge in [-0.2, -0.15) is 0 Å². The Morgan fingerprint density at radius 2 is 1.28 bits per heavy atom. The number of para-hydroxylation sites is 3. The van der Waals surface area contributed by atoms with E-state index in [9.17, 15) is 0 Å². The van der Waals surface area contributed by atoms with Gasteiger partial charge in [-0.25, -0.2) is 4.99 Å². The first-order valence-corrected chi connectivity index (χ1v) is 26.9. The van der Waals surface area contributed by atoms with Crippen LogP contribution in [0.5, 0.6) is 0 Å². The molecule has 2 aliphatic carbocycles. The first kappa shape index (κ1) is 43.7. The standard InChI is InChI=1S/C71H53N3O/c1-2-52-68(59-28-17-30-63-66(59)57-27-13-15-29-62(57)74(63)51-23-7-4-8-24-51)72-71(47-34-32-45(33-35-47)44-18-5-3-6-19-44)73-69(52)60-41-40-56-54-26-14-16-31-64(54)75-70(56)67(60)58-39-37-50-42-48-21-9-10-22-49(48)43-61(50)55-38-36-46-20-11-12-25-53(46)65(55)58/h3-9,11-21,23-36,38,40-43,52,58,69H,2,10,22,37,39H2,1H3/t52-,58?,69?/m1/s1. The molecule has 4 heteroatoms. The molecule has 2 aromatic heterocycles. The maximum Gasteiger partial charge on any atom is 0.155 e. The molecule has 0 spiro atoms. The topological polar surface area (TPSA) is 42.8 Å². The lowest BCUT2D eigenvalue weighted by Gasteiger charge is -2.33. The summed E-state index contributed by atoms with van der Waals surface area (Å²) >= 11 is 0. The van der Waals surface area contributed by atoms with Gasteiger partial charge in [0.25, 0.3) is 0 Å². The summed E-state index contributed by atoms with van der Waals surface area (Å²) in [6.45, 7) is 2.33. The highest BCUT2D eigenvalue weighted by Gasteiger charge is 2.39. The smallest absolute Gasteiger partial charge is 0.155 e. The molecule has 0 amide bonds. The van der Waals surface area contributed by atoms with Crippen molar-refractivity contribution in [3.05, 3.63) is 263 Å². The second-order valence-electron chi connectivity index (χ2n) is 20.8. The number of fused-ring (bicyclic) bond motifs is 12. The molecule has 0 saturated heterocycles. The maximum atomic E-state index is 7.30. The Bertz CT molecular complexity index is 4340. The van der Waals surface area contributed by atoms with E-state index in [1.54, 1.807) is 0 Å². The average Bonchev–Trinajstić information content (AvgIpc) is 4.05. The Hall–Kier alpha value is -8.86. The molecule has 0 saturated carbocycles. The van der Waals surface area contributed by atoms with Crippen molar-refractivity contribution in [2.24, 2.45) is 15.9 Å². The number of furan rings is 1. The highest BCUT2D eigenvalue weighted by molar-refractivity contribution is 6.24. The van der Waals surface area contributed by atoms with Crippen molar-refractivity contribution < 1.29 is 4.42 Å². The van der Waals surface area contributed by atoms with E-state index in [2.05, 4.69) is 236 Å². The van der Waals surface area contributed by atoms with Crippen LogP contribution in [0.3, 0.4) is 0 Å². The Kier molecular flexibility index (Phi) is 10.3. The molecule has 0 radical (unpaired) electrons. The molecular weight excluding hydrogens is 911 g/mol. The molecule has 0 bridgehead atoms. The van der Waals surface area contributed by atoms with Crippen LogP contribution < -0.4 is 0 Å². The number of allylic oxidation sites excluding steroid dienone is 1. The quantitative estimate of drug-likeness (QED) is 0.157. The fourth-order valence-corrected chi connectivity index (χ4v) is 13.3. The largest absolute Gasteiger partial charge is 0.456 e. The van der Waals surface area contributed by atoms with Crippen molar-refractivity contribution in [2.75, 3.05) is 0 Å². The number of aliphatic imine (C=N–C) groups is 2. The Morgan fingerprint density at radius 3 is 2.13 bits per heavy atom. The number of rotatable bonds is 7. The van der Waals surface area contributed by atoms with Gasteiger partial charge in [-0.1, -0.05) is 201 Å². The Balaban J connectivity index is 1.00. The molecule has 12 aromatic rings. The van der Waals surface area contributed by atoms with E-state index >= 15 is 0 Å². The molecule has 75 heavy (non-hydrogen) atoms. The summed E-state index contributed by atoms with van der Waals surface area (Å²) in [6.07, 6.45) is 9.49. The van der Waals surface area contributed by atoms with Gasteiger partial charge < -0.3 is 8.98 Å². The summed E-state index contributed by atoms with van der Waals surface area (Å²) < 4.78 is 9.72. The molecule has 2 unspecified atom stereocenters. The lowest BCUT2D eigenvalue weighted by atomic mass is 9.75. The Labute approximate surface area is 436 Å². The van der Waals surface area contributed by atoms with E-state index in [0.29, 0.717) is 0 Å². The molecule has 0 fully saturated rings. The average molecular weight is 964 g/mol. The molecule has 3 aliphatic rings. The monoisotopic (exact) mass is 963 g/mol. The molecular formula is C71H53N3O. The number of aromatic nitrogens is 1. The van der Waals surface area contributed by atoms with Crippen LogP contribution in [0.4, 0.5) is 0 Å². The van der Waals surface area contributed by atoms with E-state index in [1.807, 2.05) is 0 Å². The van der Waals surface area contributed by atoms with Crippen LogP contribution in [0.25, 0.3) is 88.5 Å². The zero-order chi connectivity index (χ0) is 49.6. The second-order valence-corrected chi connectivity index (χ2v) is 20.8. The second kappa shape index (κ2) is 17.7. The minimum atomic E-state index is -0.293. The maximum absolute atomic E-state index is 7.30. The van der Waals surface area contributed by atoms with Crippen molar-refractivity contribution in [1.82, 2.24) is 4.57 Å². The third kappa shape index (κ3) is 7.03. The van der Waals surface area contributed by atoms with Gasteiger partial charge >= 0.3 is 0 Å². The van der Waals surface area contributed by atoms with Gasteiger partial charge in [0.1, 0.15) is 11.2 Å². The first-order chi connectivity index (χ1) is 37.2. The van der Waals surface area contributed by atoms with Crippen LogP contribution in [0.1, 0.15) is 82.7 Å². The van der Waals surface area contributed by atoms with Crippen LogP contribution in [-0.2, 0) is 12.8 Å². The minimum Gasteiger partial charge on any atom is -0.456 e. The zero-order valence-corrected chi connectivity index (χ0v) is 41.9. The summed E-state index contributed by atoms with van der Waals surface area (Å²) in [5, 5.41) is 7.25. The van der Waals surface area contributed by atoms with E-state index in [-0.39, 0.29) is 17.9 Å². The van der Waals surface area contributed by atoms with Crippen molar-refractivity contribution in [3.63, 3.8) is 0 Å². The van der Waals surface area contributed by atoms with E-state index in [4.69, 9.17) is 14.4 Å². The number of hydrogen-bond acceptors (Lipinski definition) is 3. The van der Waals surface area contributed by atoms with Crippen LogP contribution >= 0.6 is 0 Å². The van der Waals surface area contributed by atoms with E-state index < -0.39 is 0 Å². The van der Waals surface area contributed by atoms with Crippen LogP contribution in [0.15, 0.2) is 233 Å². The Morgan fingerprint density at radius 1 is 0.547 bits per heavy atom. The van der Waals surface area contributed by atoms with Gasteiger partial charge in [0, 0.05) is 55.8 Å². The van der Waals surface area contributed by atoms with Crippen LogP contribution in [0.2, 0.25) is 0 Å². The summed E-state index contributed by atoms with van der Waals surface area (Å²) in [7, 11) is 0.